The summed E-state index contributed by atoms with van der Waals surface area (Å²) in [5, 5.41) is 2.89. The summed E-state index contributed by atoms with van der Waals surface area (Å²) in [6.45, 7) is 6.92. The Bertz CT molecular complexity index is 854. The van der Waals surface area contributed by atoms with Crippen LogP contribution in [0.3, 0.4) is 0 Å². The summed E-state index contributed by atoms with van der Waals surface area (Å²) in [5.41, 5.74) is 2.72. The van der Waals surface area contributed by atoms with Gasteiger partial charge in [-0.2, -0.15) is 0 Å². The molecule has 29 heavy (non-hydrogen) atoms. The van der Waals surface area contributed by atoms with E-state index in [4.69, 9.17) is 4.42 Å². The van der Waals surface area contributed by atoms with Crippen molar-refractivity contribution in [3.05, 3.63) is 47.9 Å². The zero-order chi connectivity index (χ0) is 21.1. The molecule has 1 heterocycles. The molecule has 1 fully saturated rings. The first kappa shape index (κ1) is 21.0. The number of anilines is 2. The van der Waals surface area contributed by atoms with Crippen molar-refractivity contribution in [2.24, 2.45) is 11.8 Å². The molecule has 0 saturated heterocycles. The molecular weight excluding hydrogens is 366 g/mol. The molecule has 156 valence electrons. The van der Waals surface area contributed by atoms with Crippen LogP contribution in [0.5, 0.6) is 0 Å². The lowest BCUT2D eigenvalue weighted by atomic mass is 10.0. The van der Waals surface area contributed by atoms with E-state index in [9.17, 15) is 9.59 Å². The standard InChI is InChI=1S/C23H31N3O3/c1-15(2)16(3)26(23(28)17-8-9-17)14-18-13-19(10-11-20(18)25(4)5)24-22(27)21-7-6-12-29-21/h6-7,10-13,15-17H,8-9,14H2,1-5H3,(H,24,27)/t16-/m1/s1. The van der Waals surface area contributed by atoms with Gasteiger partial charge in [0, 0.05) is 44.0 Å². The molecule has 3 rings (SSSR count). The van der Waals surface area contributed by atoms with Gasteiger partial charge < -0.3 is 19.5 Å². The Balaban J connectivity index is 1.88. The maximum atomic E-state index is 13.0. The molecule has 1 N–H and O–H groups in total. The fourth-order valence-electron chi connectivity index (χ4n) is 3.36. The van der Waals surface area contributed by atoms with Crippen LogP contribution in [-0.4, -0.2) is 36.9 Å². The van der Waals surface area contributed by atoms with Crippen molar-refractivity contribution in [3.63, 3.8) is 0 Å². The smallest absolute Gasteiger partial charge is 0.291 e. The molecule has 1 atom stereocenters. The Labute approximate surface area is 172 Å². The lowest BCUT2D eigenvalue weighted by Gasteiger charge is -2.33. The number of hydrogen-bond acceptors (Lipinski definition) is 4. The van der Waals surface area contributed by atoms with Crippen LogP contribution in [0.1, 0.15) is 49.7 Å². The van der Waals surface area contributed by atoms with E-state index < -0.39 is 0 Å². The van der Waals surface area contributed by atoms with Crippen LogP contribution in [0.4, 0.5) is 11.4 Å². The number of furan rings is 1. The van der Waals surface area contributed by atoms with Gasteiger partial charge in [0.1, 0.15) is 0 Å². The number of carbonyl (C=O) groups excluding carboxylic acids is 2. The Morgan fingerprint density at radius 3 is 2.45 bits per heavy atom. The second-order valence-corrected chi connectivity index (χ2v) is 8.39. The monoisotopic (exact) mass is 397 g/mol. The highest BCUT2D eigenvalue weighted by Crippen LogP contribution is 2.34. The van der Waals surface area contributed by atoms with Gasteiger partial charge in [0.25, 0.3) is 5.91 Å². The second kappa shape index (κ2) is 8.72. The van der Waals surface area contributed by atoms with E-state index >= 15 is 0 Å². The van der Waals surface area contributed by atoms with E-state index in [1.165, 1.54) is 6.26 Å². The Hall–Kier alpha value is -2.76. The first-order valence-corrected chi connectivity index (χ1v) is 10.2. The van der Waals surface area contributed by atoms with E-state index in [0.717, 1.165) is 24.1 Å². The van der Waals surface area contributed by atoms with Gasteiger partial charge in [-0.1, -0.05) is 13.8 Å². The molecule has 1 aromatic carbocycles. The number of nitrogens with zero attached hydrogens (tertiary/aromatic N) is 2. The molecule has 0 bridgehead atoms. The van der Waals surface area contributed by atoms with Gasteiger partial charge in [0.05, 0.1) is 6.26 Å². The summed E-state index contributed by atoms with van der Waals surface area (Å²) in [4.78, 5) is 29.4. The number of hydrogen-bond donors (Lipinski definition) is 1. The Morgan fingerprint density at radius 2 is 1.90 bits per heavy atom. The number of amides is 2. The van der Waals surface area contributed by atoms with Crippen LogP contribution in [0.2, 0.25) is 0 Å². The summed E-state index contributed by atoms with van der Waals surface area (Å²) in [6.07, 6.45) is 3.45. The van der Waals surface area contributed by atoms with Crippen molar-refractivity contribution >= 4 is 23.2 Å². The van der Waals surface area contributed by atoms with E-state index in [0.29, 0.717) is 18.2 Å². The highest BCUT2D eigenvalue weighted by atomic mass is 16.3. The van der Waals surface area contributed by atoms with Crippen LogP contribution < -0.4 is 10.2 Å². The van der Waals surface area contributed by atoms with Crippen molar-refractivity contribution in [1.82, 2.24) is 4.90 Å². The highest BCUT2D eigenvalue weighted by molar-refractivity contribution is 6.02. The zero-order valence-corrected chi connectivity index (χ0v) is 17.9. The average molecular weight is 398 g/mol. The lowest BCUT2D eigenvalue weighted by Crippen LogP contribution is -2.42. The minimum atomic E-state index is -0.292. The highest BCUT2D eigenvalue weighted by Gasteiger charge is 2.36. The Kier molecular flexibility index (Phi) is 6.30. The molecule has 2 amide bonds. The molecule has 6 nitrogen and oxygen atoms in total. The van der Waals surface area contributed by atoms with Crippen molar-refractivity contribution in [2.75, 3.05) is 24.3 Å². The molecule has 6 heteroatoms. The molecule has 0 radical (unpaired) electrons. The summed E-state index contributed by atoms with van der Waals surface area (Å²) in [7, 11) is 3.97. The minimum absolute atomic E-state index is 0.138. The molecule has 1 saturated carbocycles. The normalized spacial score (nSPS) is 14.6. The van der Waals surface area contributed by atoms with Crippen LogP contribution in [-0.2, 0) is 11.3 Å². The molecule has 0 unspecified atom stereocenters. The predicted molar refractivity (Wildman–Crippen MR) is 115 cm³/mol. The van der Waals surface area contributed by atoms with E-state index in [1.54, 1.807) is 12.1 Å². The van der Waals surface area contributed by atoms with Gasteiger partial charge in [-0.05, 0) is 61.6 Å². The van der Waals surface area contributed by atoms with Gasteiger partial charge in [-0.15, -0.1) is 0 Å². The quantitative estimate of drug-likeness (QED) is 0.718. The maximum Gasteiger partial charge on any atom is 0.291 e. The topological polar surface area (TPSA) is 65.8 Å². The predicted octanol–water partition coefficient (Wildman–Crippen LogP) is 4.38. The molecule has 2 aromatic rings. The van der Waals surface area contributed by atoms with Gasteiger partial charge in [0.2, 0.25) is 5.91 Å². The third kappa shape index (κ3) is 5.00. The summed E-state index contributed by atoms with van der Waals surface area (Å²) in [6, 6.07) is 9.26. The van der Waals surface area contributed by atoms with Gasteiger partial charge in [0.15, 0.2) is 5.76 Å². The number of rotatable bonds is 8. The molecule has 1 aliphatic rings. The minimum Gasteiger partial charge on any atom is -0.459 e. The van der Waals surface area contributed by atoms with Crippen molar-refractivity contribution in [2.45, 2.75) is 46.2 Å². The zero-order valence-electron chi connectivity index (χ0n) is 17.9. The molecule has 1 aromatic heterocycles. The van der Waals surface area contributed by atoms with Crippen LogP contribution in [0.25, 0.3) is 0 Å². The first-order chi connectivity index (χ1) is 13.8. The van der Waals surface area contributed by atoms with Crippen LogP contribution in [0, 0.1) is 11.8 Å². The van der Waals surface area contributed by atoms with E-state index in [1.807, 2.05) is 42.1 Å². The van der Waals surface area contributed by atoms with Crippen molar-refractivity contribution in [1.29, 1.82) is 0 Å². The van der Waals surface area contributed by atoms with Gasteiger partial charge >= 0.3 is 0 Å². The number of nitrogens with one attached hydrogen (secondary N) is 1. The first-order valence-electron chi connectivity index (χ1n) is 10.2. The number of benzene rings is 1. The Morgan fingerprint density at radius 1 is 1.17 bits per heavy atom. The maximum absolute atomic E-state index is 13.0. The molecule has 0 spiro atoms. The molecule has 1 aliphatic carbocycles. The SMILES string of the molecule is CC(C)[C@@H](C)N(Cc1cc(NC(=O)c2ccco2)ccc1N(C)C)C(=O)C1CC1. The summed E-state index contributed by atoms with van der Waals surface area (Å²) < 4.78 is 5.17. The van der Waals surface area contributed by atoms with E-state index in [2.05, 4.69) is 26.1 Å². The van der Waals surface area contributed by atoms with Crippen molar-refractivity contribution in [3.8, 4) is 0 Å². The summed E-state index contributed by atoms with van der Waals surface area (Å²) in [5.74, 6) is 0.742. The van der Waals surface area contributed by atoms with Crippen LogP contribution in [0.15, 0.2) is 41.0 Å². The fourth-order valence-corrected chi connectivity index (χ4v) is 3.36. The third-order valence-electron chi connectivity index (χ3n) is 5.57. The second-order valence-electron chi connectivity index (χ2n) is 8.39. The molecular formula is C23H31N3O3. The third-order valence-corrected chi connectivity index (χ3v) is 5.57. The number of carbonyl (C=O) groups is 2. The summed E-state index contributed by atoms with van der Waals surface area (Å²) >= 11 is 0. The van der Waals surface area contributed by atoms with Crippen molar-refractivity contribution < 1.29 is 14.0 Å². The largest absolute Gasteiger partial charge is 0.459 e. The van der Waals surface area contributed by atoms with Gasteiger partial charge in [-0.3, -0.25) is 9.59 Å². The average Bonchev–Trinajstić information content (AvgIpc) is 3.38. The van der Waals surface area contributed by atoms with Crippen LogP contribution >= 0.6 is 0 Å². The fraction of sp³-hybridized carbons (Fsp3) is 0.478. The lowest BCUT2D eigenvalue weighted by molar-refractivity contribution is -0.136. The van der Waals surface area contributed by atoms with E-state index in [-0.39, 0.29) is 29.5 Å². The molecule has 0 aliphatic heterocycles. The van der Waals surface area contributed by atoms with Gasteiger partial charge in [-0.25, -0.2) is 0 Å².